The normalized spacial score (nSPS) is 23.5. The maximum absolute atomic E-state index is 6.36. The number of fused-ring (bicyclic) bond motifs is 1. The van der Waals surface area contributed by atoms with E-state index < -0.39 is 8.32 Å². The van der Waals surface area contributed by atoms with Gasteiger partial charge in [-0.2, -0.15) is 0 Å². The number of rotatable bonds is 3. The van der Waals surface area contributed by atoms with Crippen molar-refractivity contribution in [2.45, 2.75) is 57.3 Å². The SMILES string of the molecule is CC(C)(C)[Si](C)(C)OC[C@@H]1c2ccccc2CC1N. The third-order valence-electron chi connectivity index (χ3n) is 4.86. The molecule has 1 aromatic rings. The fourth-order valence-electron chi connectivity index (χ4n) is 2.44. The third kappa shape index (κ3) is 2.93. The molecule has 0 radical (unpaired) electrons. The molecule has 0 spiro atoms. The molecular formula is C16H27NOSi. The molecule has 2 N–H and O–H groups in total. The average Bonchev–Trinajstić information content (AvgIpc) is 2.60. The van der Waals surface area contributed by atoms with Crippen LogP contribution in [0.3, 0.4) is 0 Å². The van der Waals surface area contributed by atoms with Gasteiger partial charge in [0.2, 0.25) is 0 Å². The Hall–Kier alpha value is -0.643. The molecule has 0 fully saturated rings. The fraction of sp³-hybridized carbons (Fsp3) is 0.625. The van der Waals surface area contributed by atoms with Crippen LogP contribution in [0, 0.1) is 0 Å². The number of benzene rings is 1. The predicted octanol–water partition coefficient (Wildman–Crippen LogP) is 3.68. The van der Waals surface area contributed by atoms with E-state index in [0.29, 0.717) is 5.92 Å². The summed E-state index contributed by atoms with van der Waals surface area (Å²) in [6.45, 7) is 12.2. The minimum absolute atomic E-state index is 0.210. The Balaban J connectivity index is 2.09. The Bertz CT molecular complexity index is 450. The highest BCUT2D eigenvalue weighted by Crippen LogP contribution is 2.39. The zero-order chi connectivity index (χ0) is 14.3. The molecule has 0 bridgehead atoms. The molecule has 106 valence electrons. The van der Waals surface area contributed by atoms with Crippen molar-refractivity contribution < 1.29 is 4.43 Å². The molecule has 2 rings (SSSR count). The first-order valence-corrected chi connectivity index (χ1v) is 10.1. The highest BCUT2D eigenvalue weighted by molar-refractivity contribution is 6.74. The van der Waals surface area contributed by atoms with Crippen LogP contribution in [0.15, 0.2) is 24.3 Å². The van der Waals surface area contributed by atoms with Gasteiger partial charge in [-0.15, -0.1) is 0 Å². The standard InChI is InChI=1S/C16H27NOSi/c1-16(2,3)19(4,5)18-11-14-13-9-7-6-8-12(13)10-15(14)17/h6-9,14-15H,10-11,17H2,1-5H3/t14-,15?/m1/s1. The fourth-order valence-corrected chi connectivity index (χ4v) is 3.47. The predicted molar refractivity (Wildman–Crippen MR) is 84.0 cm³/mol. The van der Waals surface area contributed by atoms with Gasteiger partial charge in [-0.25, -0.2) is 0 Å². The maximum atomic E-state index is 6.36. The van der Waals surface area contributed by atoms with E-state index in [1.807, 2.05) is 0 Å². The minimum Gasteiger partial charge on any atom is -0.416 e. The number of hydrogen-bond acceptors (Lipinski definition) is 2. The molecule has 0 saturated heterocycles. The molecule has 1 aliphatic rings. The summed E-state index contributed by atoms with van der Waals surface area (Å²) >= 11 is 0. The smallest absolute Gasteiger partial charge is 0.192 e. The van der Waals surface area contributed by atoms with Crippen LogP contribution in [-0.4, -0.2) is 21.0 Å². The summed E-state index contributed by atoms with van der Waals surface area (Å²) in [5, 5.41) is 0.259. The van der Waals surface area contributed by atoms with Gasteiger partial charge < -0.3 is 10.2 Å². The second kappa shape index (κ2) is 5.04. The first kappa shape index (κ1) is 14.8. The highest BCUT2D eigenvalue weighted by Gasteiger charge is 2.39. The maximum Gasteiger partial charge on any atom is 0.192 e. The van der Waals surface area contributed by atoms with Crippen LogP contribution in [0.1, 0.15) is 37.8 Å². The quantitative estimate of drug-likeness (QED) is 0.856. The van der Waals surface area contributed by atoms with Gasteiger partial charge in [0.25, 0.3) is 0 Å². The minimum atomic E-state index is -1.68. The third-order valence-corrected chi connectivity index (χ3v) is 9.36. The average molecular weight is 277 g/mol. The van der Waals surface area contributed by atoms with Crippen LogP contribution >= 0.6 is 0 Å². The summed E-state index contributed by atoms with van der Waals surface area (Å²) in [4.78, 5) is 0. The molecule has 1 aromatic carbocycles. The molecule has 2 atom stereocenters. The summed E-state index contributed by atoms with van der Waals surface area (Å²) in [6, 6.07) is 8.82. The molecule has 0 heterocycles. The molecule has 0 saturated carbocycles. The Morgan fingerprint density at radius 3 is 2.53 bits per heavy atom. The topological polar surface area (TPSA) is 35.2 Å². The summed E-state index contributed by atoms with van der Waals surface area (Å²) in [7, 11) is -1.68. The number of hydrogen-bond donors (Lipinski definition) is 1. The summed E-state index contributed by atoms with van der Waals surface area (Å²) in [5.41, 5.74) is 9.10. The van der Waals surface area contributed by atoms with E-state index in [1.54, 1.807) is 0 Å². The molecule has 2 nitrogen and oxygen atoms in total. The van der Waals surface area contributed by atoms with Crippen LogP contribution in [-0.2, 0) is 10.8 Å². The molecule has 0 aliphatic heterocycles. The van der Waals surface area contributed by atoms with Crippen LogP contribution in [0.5, 0.6) is 0 Å². The molecule has 19 heavy (non-hydrogen) atoms. The first-order valence-electron chi connectivity index (χ1n) is 7.20. The lowest BCUT2D eigenvalue weighted by molar-refractivity contribution is 0.253. The van der Waals surface area contributed by atoms with Gasteiger partial charge in [-0.05, 0) is 35.7 Å². The summed E-state index contributed by atoms with van der Waals surface area (Å²) in [6.07, 6.45) is 0.988. The second-order valence-corrected chi connectivity index (χ2v) is 12.1. The van der Waals surface area contributed by atoms with E-state index >= 15 is 0 Å². The first-order chi connectivity index (χ1) is 8.72. The lowest BCUT2D eigenvalue weighted by Gasteiger charge is -2.37. The van der Waals surface area contributed by atoms with E-state index in [4.69, 9.17) is 10.2 Å². The molecule has 1 unspecified atom stereocenters. The second-order valence-electron chi connectivity index (χ2n) is 7.24. The van der Waals surface area contributed by atoms with Crippen molar-refractivity contribution in [2.24, 2.45) is 5.73 Å². The van der Waals surface area contributed by atoms with Crippen molar-refractivity contribution in [2.75, 3.05) is 6.61 Å². The van der Waals surface area contributed by atoms with Crippen LogP contribution in [0.2, 0.25) is 18.1 Å². The monoisotopic (exact) mass is 277 g/mol. The van der Waals surface area contributed by atoms with Crippen molar-refractivity contribution in [3.05, 3.63) is 35.4 Å². The Labute approximate surface area is 118 Å². The largest absolute Gasteiger partial charge is 0.416 e. The van der Waals surface area contributed by atoms with Gasteiger partial charge in [0.1, 0.15) is 0 Å². The zero-order valence-corrected chi connectivity index (χ0v) is 13.9. The van der Waals surface area contributed by atoms with E-state index in [1.165, 1.54) is 11.1 Å². The van der Waals surface area contributed by atoms with Crippen LogP contribution in [0.25, 0.3) is 0 Å². The van der Waals surface area contributed by atoms with E-state index in [0.717, 1.165) is 13.0 Å². The van der Waals surface area contributed by atoms with Crippen molar-refractivity contribution in [1.29, 1.82) is 0 Å². The molecule has 0 aromatic heterocycles. The molecule has 1 aliphatic carbocycles. The highest BCUT2D eigenvalue weighted by atomic mass is 28.4. The lowest BCUT2D eigenvalue weighted by Crippen LogP contribution is -2.43. The Morgan fingerprint density at radius 2 is 1.89 bits per heavy atom. The van der Waals surface area contributed by atoms with Gasteiger partial charge in [0.05, 0.1) is 0 Å². The summed E-state index contributed by atoms with van der Waals surface area (Å²) < 4.78 is 6.36. The zero-order valence-electron chi connectivity index (χ0n) is 12.9. The summed E-state index contributed by atoms with van der Waals surface area (Å²) in [5.74, 6) is 0.366. The van der Waals surface area contributed by atoms with Crippen molar-refractivity contribution in [1.82, 2.24) is 0 Å². The van der Waals surface area contributed by atoms with Crippen LogP contribution in [0.4, 0.5) is 0 Å². The van der Waals surface area contributed by atoms with Gasteiger partial charge in [-0.3, -0.25) is 0 Å². The van der Waals surface area contributed by atoms with Crippen molar-refractivity contribution in [3.63, 3.8) is 0 Å². The molecule has 0 amide bonds. The van der Waals surface area contributed by atoms with Crippen molar-refractivity contribution >= 4 is 8.32 Å². The van der Waals surface area contributed by atoms with E-state index in [2.05, 4.69) is 58.1 Å². The van der Waals surface area contributed by atoms with Crippen molar-refractivity contribution in [3.8, 4) is 0 Å². The van der Waals surface area contributed by atoms with Gasteiger partial charge in [0, 0.05) is 18.6 Å². The van der Waals surface area contributed by atoms with E-state index in [9.17, 15) is 0 Å². The van der Waals surface area contributed by atoms with Gasteiger partial charge in [0.15, 0.2) is 8.32 Å². The number of nitrogens with two attached hydrogens (primary N) is 1. The lowest BCUT2D eigenvalue weighted by atomic mass is 10.0. The molecular weight excluding hydrogens is 250 g/mol. The Morgan fingerprint density at radius 1 is 1.26 bits per heavy atom. The van der Waals surface area contributed by atoms with E-state index in [-0.39, 0.29) is 11.1 Å². The molecule has 3 heteroatoms. The van der Waals surface area contributed by atoms with Gasteiger partial charge in [-0.1, -0.05) is 45.0 Å². The van der Waals surface area contributed by atoms with Crippen LogP contribution < -0.4 is 5.73 Å². The van der Waals surface area contributed by atoms with Gasteiger partial charge >= 0.3 is 0 Å². The Kier molecular flexibility index (Phi) is 3.91.